The van der Waals surface area contributed by atoms with Gasteiger partial charge in [0.25, 0.3) is 0 Å². The maximum absolute atomic E-state index is 10.1. The summed E-state index contributed by atoms with van der Waals surface area (Å²) in [5.41, 5.74) is 0. The van der Waals surface area contributed by atoms with Crippen LogP contribution in [0.2, 0.25) is 0 Å². The average Bonchev–Trinajstić information content (AvgIpc) is 1.94. The van der Waals surface area contributed by atoms with Crippen LogP contribution in [0.4, 0.5) is 0 Å². The van der Waals surface area contributed by atoms with E-state index in [1.165, 1.54) is 0 Å². The first-order valence-corrected chi connectivity index (χ1v) is 3.58. The van der Waals surface area contributed by atoms with Gasteiger partial charge >= 0.3 is 11.4 Å². The van der Waals surface area contributed by atoms with Gasteiger partial charge < -0.3 is 0 Å². The molecule has 0 aromatic rings. The van der Waals surface area contributed by atoms with Crippen LogP contribution >= 0.6 is 0 Å². The van der Waals surface area contributed by atoms with Crippen molar-refractivity contribution in [1.82, 2.24) is 0 Å². The van der Waals surface area contributed by atoms with Crippen molar-refractivity contribution in [3.8, 4) is 0 Å². The molecular weight excluding hydrogens is 140 g/mol. The molecule has 1 heterocycles. The van der Waals surface area contributed by atoms with Gasteiger partial charge in [-0.3, -0.25) is 8.37 Å². The van der Waals surface area contributed by atoms with Crippen molar-refractivity contribution in [2.75, 3.05) is 13.2 Å². The smallest absolute Gasteiger partial charge is 0.268 e. The third-order valence-electron chi connectivity index (χ3n) is 0.648. The largest absolute Gasteiger partial charge is 0.304 e. The molecule has 1 rings (SSSR count). The zero-order valence-electron chi connectivity index (χ0n) is 5.17. The molecule has 0 saturated carbocycles. The summed E-state index contributed by atoms with van der Waals surface area (Å²) in [4.78, 5) is 0. The highest BCUT2D eigenvalue weighted by atomic mass is 32.2. The molecule has 0 bridgehead atoms. The van der Waals surface area contributed by atoms with Crippen LogP contribution in [0.5, 0.6) is 0 Å². The minimum atomic E-state index is -1.44. The Kier molecular flexibility index (Phi) is 5.81. The summed E-state index contributed by atoms with van der Waals surface area (Å²) in [6.07, 6.45) is 0.853. The molecule has 0 radical (unpaired) electrons. The molecule has 9 heavy (non-hydrogen) atoms. The van der Waals surface area contributed by atoms with Crippen molar-refractivity contribution < 1.29 is 12.6 Å². The van der Waals surface area contributed by atoms with Gasteiger partial charge in [0.15, 0.2) is 0 Å². The zero-order chi connectivity index (χ0) is 7.11. The van der Waals surface area contributed by atoms with E-state index in [-0.39, 0.29) is 0 Å². The summed E-state index contributed by atoms with van der Waals surface area (Å²) in [7, 11) is 0. The lowest BCUT2D eigenvalue weighted by Crippen LogP contribution is -2.12. The Bertz CT molecular complexity index is 86.2. The molecular formula is C5H10O3S. The Labute approximate surface area is 57.5 Å². The van der Waals surface area contributed by atoms with E-state index < -0.39 is 11.4 Å². The minimum absolute atomic E-state index is 0.562. The van der Waals surface area contributed by atoms with E-state index in [2.05, 4.69) is 21.5 Å². The third kappa shape index (κ3) is 4.32. The Morgan fingerprint density at radius 1 is 1.22 bits per heavy atom. The van der Waals surface area contributed by atoms with Gasteiger partial charge in [0, 0.05) is 0 Å². The fraction of sp³-hybridized carbons (Fsp3) is 0.600. The van der Waals surface area contributed by atoms with Gasteiger partial charge in [0.2, 0.25) is 0 Å². The van der Waals surface area contributed by atoms with Crippen molar-refractivity contribution in [1.29, 1.82) is 0 Å². The Morgan fingerprint density at radius 3 is 1.89 bits per heavy atom. The number of hydrogen-bond donors (Lipinski definition) is 0. The molecule has 1 aliphatic heterocycles. The summed E-state index contributed by atoms with van der Waals surface area (Å²) in [5, 5.41) is 0. The molecule has 1 fully saturated rings. The van der Waals surface area contributed by atoms with Gasteiger partial charge in [-0.25, -0.2) is 0 Å². The monoisotopic (exact) mass is 150 g/mol. The Balaban J connectivity index is 0.000000291. The molecule has 4 heteroatoms. The van der Waals surface area contributed by atoms with E-state index in [9.17, 15) is 4.21 Å². The third-order valence-corrected chi connectivity index (χ3v) is 1.37. The van der Waals surface area contributed by atoms with E-state index >= 15 is 0 Å². The van der Waals surface area contributed by atoms with Crippen molar-refractivity contribution in [3.05, 3.63) is 13.2 Å². The molecule has 1 saturated heterocycles. The van der Waals surface area contributed by atoms with Gasteiger partial charge in [-0.2, -0.15) is 4.21 Å². The highest BCUT2D eigenvalue weighted by molar-refractivity contribution is 7.75. The molecule has 0 N–H and O–H groups in total. The lowest BCUT2D eigenvalue weighted by Gasteiger charge is -2.07. The summed E-state index contributed by atoms with van der Waals surface area (Å²) in [6, 6.07) is 0. The number of rotatable bonds is 0. The predicted molar refractivity (Wildman–Crippen MR) is 35.9 cm³/mol. The van der Waals surface area contributed by atoms with Crippen molar-refractivity contribution >= 4 is 11.4 Å². The van der Waals surface area contributed by atoms with Crippen LogP contribution in [-0.4, -0.2) is 17.4 Å². The Hall–Kier alpha value is -0.190. The predicted octanol–water partition coefficient (Wildman–Crippen LogP) is 0.804. The summed E-state index contributed by atoms with van der Waals surface area (Å²) < 4.78 is 19.2. The normalized spacial score (nSPS) is 20.0. The van der Waals surface area contributed by atoms with E-state index in [0.29, 0.717) is 13.2 Å². The summed E-state index contributed by atoms with van der Waals surface area (Å²) in [5.74, 6) is 0. The Morgan fingerprint density at radius 2 is 1.67 bits per heavy atom. The van der Waals surface area contributed by atoms with Gasteiger partial charge in [-0.05, 0) is 6.42 Å². The zero-order valence-corrected chi connectivity index (χ0v) is 5.99. The standard InChI is InChI=1S/C3H6O3S.C2H4/c4-7-5-2-1-3-6-7;1-2/h1-3H2;1-2H2. The van der Waals surface area contributed by atoms with Crippen LogP contribution in [0.15, 0.2) is 13.2 Å². The summed E-state index contributed by atoms with van der Waals surface area (Å²) >= 11 is -1.44. The fourth-order valence-electron chi connectivity index (χ4n) is 0.347. The molecule has 0 aromatic heterocycles. The van der Waals surface area contributed by atoms with Crippen LogP contribution in [0.1, 0.15) is 6.42 Å². The van der Waals surface area contributed by atoms with Crippen LogP contribution in [0.3, 0.4) is 0 Å². The van der Waals surface area contributed by atoms with Gasteiger partial charge in [0.05, 0.1) is 13.2 Å². The maximum atomic E-state index is 10.1. The van der Waals surface area contributed by atoms with Gasteiger partial charge in [0.1, 0.15) is 0 Å². The molecule has 0 amide bonds. The highest BCUT2D eigenvalue weighted by Crippen LogP contribution is 1.98. The second-order valence-electron chi connectivity index (χ2n) is 1.20. The van der Waals surface area contributed by atoms with E-state index in [1.807, 2.05) is 0 Å². The first-order chi connectivity index (χ1) is 4.39. The minimum Gasteiger partial charge on any atom is -0.268 e. The summed E-state index contributed by atoms with van der Waals surface area (Å²) in [6.45, 7) is 7.12. The topological polar surface area (TPSA) is 35.5 Å². The van der Waals surface area contributed by atoms with Crippen LogP contribution in [0, 0.1) is 0 Å². The van der Waals surface area contributed by atoms with Gasteiger partial charge in [-0.15, -0.1) is 13.2 Å². The molecule has 1 aliphatic rings. The SMILES string of the molecule is C=C.O=S1OCCCO1. The van der Waals surface area contributed by atoms with Crippen molar-refractivity contribution in [3.63, 3.8) is 0 Å². The second-order valence-corrected chi connectivity index (χ2v) is 2.08. The van der Waals surface area contributed by atoms with Crippen LogP contribution in [-0.2, 0) is 19.7 Å². The molecule has 0 spiro atoms. The molecule has 54 valence electrons. The first-order valence-electron chi connectivity index (χ1n) is 2.58. The lowest BCUT2D eigenvalue weighted by atomic mass is 10.5. The maximum Gasteiger partial charge on any atom is 0.304 e. The first kappa shape index (κ1) is 8.81. The quantitative estimate of drug-likeness (QED) is 0.479. The van der Waals surface area contributed by atoms with Gasteiger partial charge in [-0.1, -0.05) is 0 Å². The molecule has 0 atom stereocenters. The lowest BCUT2D eigenvalue weighted by molar-refractivity contribution is 0.185. The molecule has 0 unspecified atom stereocenters. The van der Waals surface area contributed by atoms with Crippen molar-refractivity contribution in [2.24, 2.45) is 0 Å². The van der Waals surface area contributed by atoms with E-state index in [0.717, 1.165) is 6.42 Å². The van der Waals surface area contributed by atoms with Crippen LogP contribution in [0.25, 0.3) is 0 Å². The van der Waals surface area contributed by atoms with Crippen LogP contribution < -0.4 is 0 Å². The van der Waals surface area contributed by atoms with E-state index in [1.54, 1.807) is 0 Å². The van der Waals surface area contributed by atoms with E-state index in [4.69, 9.17) is 0 Å². The fourth-order valence-corrected chi connectivity index (χ4v) is 0.923. The second kappa shape index (κ2) is 5.94. The molecule has 0 aliphatic carbocycles. The average molecular weight is 150 g/mol. The highest BCUT2D eigenvalue weighted by Gasteiger charge is 2.05. The number of hydrogen-bond acceptors (Lipinski definition) is 3. The molecule has 0 aromatic carbocycles. The van der Waals surface area contributed by atoms with Crippen molar-refractivity contribution in [2.45, 2.75) is 6.42 Å². The molecule has 3 nitrogen and oxygen atoms in total.